The van der Waals surface area contributed by atoms with Crippen LogP contribution in [-0.4, -0.2) is 26.2 Å². The van der Waals surface area contributed by atoms with Gasteiger partial charge in [-0.25, -0.2) is 15.0 Å². The summed E-state index contributed by atoms with van der Waals surface area (Å²) >= 11 is 0. The molecule has 2 aromatic rings. The number of fused-ring (bicyclic) bond motifs is 1. The molecule has 0 saturated carbocycles. The van der Waals surface area contributed by atoms with Crippen molar-refractivity contribution in [2.75, 3.05) is 5.43 Å². The van der Waals surface area contributed by atoms with Crippen LogP contribution in [0.4, 0.5) is 5.82 Å². The molecule has 0 aromatic carbocycles. The summed E-state index contributed by atoms with van der Waals surface area (Å²) < 4.78 is 0. The molecule has 0 atom stereocenters. The first kappa shape index (κ1) is 11.5. The molecule has 17 heavy (non-hydrogen) atoms. The smallest absolute Gasteiger partial charge is 0.182 e. The van der Waals surface area contributed by atoms with E-state index in [1.165, 1.54) is 25.6 Å². The van der Waals surface area contributed by atoms with E-state index in [2.05, 4.69) is 37.4 Å². The SMILES string of the molecule is CCCCC/C=N/Nc1ncnc2nc[nH]c12. The molecular weight excluding hydrogens is 216 g/mol. The molecule has 6 heteroatoms. The average molecular weight is 232 g/mol. The Morgan fingerprint density at radius 3 is 3.18 bits per heavy atom. The topological polar surface area (TPSA) is 78.8 Å². The van der Waals surface area contributed by atoms with Crippen LogP contribution in [0.1, 0.15) is 32.6 Å². The molecule has 0 saturated heterocycles. The minimum absolute atomic E-state index is 0.642. The second kappa shape index (κ2) is 5.93. The Kier molecular flexibility index (Phi) is 4.01. The highest BCUT2D eigenvalue weighted by atomic mass is 15.3. The molecule has 6 nitrogen and oxygen atoms in total. The third-order valence-electron chi connectivity index (χ3n) is 2.42. The summed E-state index contributed by atoms with van der Waals surface area (Å²) in [4.78, 5) is 15.2. The summed E-state index contributed by atoms with van der Waals surface area (Å²) in [7, 11) is 0. The van der Waals surface area contributed by atoms with Gasteiger partial charge in [-0.1, -0.05) is 19.8 Å². The average Bonchev–Trinajstić information content (AvgIpc) is 2.82. The normalized spacial score (nSPS) is 11.4. The fourth-order valence-electron chi connectivity index (χ4n) is 1.51. The summed E-state index contributed by atoms with van der Waals surface area (Å²) in [6.45, 7) is 2.19. The fourth-order valence-corrected chi connectivity index (χ4v) is 1.51. The van der Waals surface area contributed by atoms with E-state index in [4.69, 9.17) is 0 Å². The Balaban J connectivity index is 1.92. The van der Waals surface area contributed by atoms with Gasteiger partial charge in [0, 0.05) is 6.21 Å². The predicted molar refractivity (Wildman–Crippen MR) is 67.9 cm³/mol. The van der Waals surface area contributed by atoms with E-state index < -0.39 is 0 Å². The van der Waals surface area contributed by atoms with Crippen LogP contribution in [0.3, 0.4) is 0 Å². The maximum Gasteiger partial charge on any atom is 0.182 e. The number of hydrogen-bond donors (Lipinski definition) is 2. The van der Waals surface area contributed by atoms with Crippen molar-refractivity contribution in [2.45, 2.75) is 32.6 Å². The molecule has 2 N–H and O–H groups in total. The molecule has 90 valence electrons. The van der Waals surface area contributed by atoms with Crippen molar-refractivity contribution in [3.05, 3.63) is 12.7 Å². The van der Waals surface area contributed by atoms with Crippen LogP contribution in [-0.2, 0) is 0 Å². The second-order valence-corrected chi connectivity index (χ2v) is 3.74. The lowest BCUT2D eigenvalue weighted by Gasteiger charge is -1.99. The molecule has 0 aliphatic heterocycles. The van der Waals surface area contributed by atoms with Gasteiger partial charge in [-0.05, 0) is 12.8 Å². The van der Waals surface area contributed by atoms with Crippen LogP contribution in [0.5, 0.6) is 0 Å². The molecule has 0 radical (unpaired) electrons. The van der Waals surface area contributed by atoms with Crippen LogP contribution >= 0.6 is 0 Å². The highest BCUT2D eigenvalue weighted by Gasteiger charge is 2.03. The molecule has 2 rings (SSSR count). The van der Waals surface area contributed by atoms with Crippen LogP contribution in [0.2, 0.25) is 0 Å². The van der Waals surface area contributed by atoms with Crippen molar-refractivity contribution >= 4 is 23.2 Å². The molecule has 0 aliphatic rings. The van der Waals surface area contributed by atoms with Crippen molar-refractivity contribution in [3.8, 4) is 0 Å². The lowest BCUT2D eigenvalue weighted by atomic mass is 10.2. The van der Waals surface area contributed by atoms with Crippen LogP contribution in [0.15, 0.2) is 17.8 Å². The Morgan fingerprint density at radius 2 is 2.29 bits per heavy atom. The van der Waals surface area contributed by atoms with Gasteiger partial charge in [0.1, 0.15) is 11.8 Å². The number of rotatable bonds is 6. The Labute approximate surface area is 99.6 Å². The number of anilines is 1. The molecule has 2 aromatic heterocycles. The predicted octanol–water partition coefficient (Wildman–Crippen LogP) is 2.33. The first-order valence-electron chi connectivity index (χ1n) is 5.83. The maximum atomic E-state index is 4.13. The van der Waals surface area contributed by atoms with Crippen molar-refractivity contribution in [1.29, 1.82) is 0 Å². The number of unbranched alkanes of at least 4 members (excludes halogenated alkanes) is 3. The van der Waals surface area contributed by atoms with Gasteiger partial charge in [-0.3, -0.25) is 5.43 Å². The zero-order valence-electron chi connectivity index (χ0n) is 9.85. The van der Waals surface area contributed by atoms with Gasteiger partial charge in [0.15, 0.2) is 11.5 Å². The number of nitrogens with one attached hydrogen (secondary N) is 2. The van der Waals surface area contributed by atoms with Gasteiger partial charge in [0.2, 0.25) is 0 Å². The van der Waals surface area contributed by atoms with Gasteiger partial charge in [0.05, 0.1) is 6.33 Å². The number of hydrazone groups is 1. The summed E-state index contributed by atoms with van der Waals surface area (Å²) in [6, 6.07) is 0. The molecule has 0 bridgehead atoms. The van der Waals surface area contributed by atoms with Crippen LogP contribution < -0.4 is 5.43 Å². The van der Waals surface area contributed by atoms with Gasteiger partial charge >= 0.3 is 0 Å². The van der Waals surface area contributed by atoms with E-state index in [1.54, 1.807) is 6.33 Å². The van der Waals surface area contributed by atoms with Gasteiger partial charge in [-0.2, -0.15) is 5.10 Å². The molecule has 2 heterocycles. The number of H-pyrrole nitrogens is 1. The Hall–Kier alpha value is -1.98. The quantitative estimate of drug-likeness (QED) is 0.455. The third-order valence-corrected chi connectivity index (χ3v) is 2.42. The highest BCUT2D eigenvalue weighted by Crippen LogP contribution is 2.13. The summed E-state index contributed by atoms with van der Waals surface area (Å²) in [5.41, 5.74) is 4.32. The highest BCUT2D eigenvalue weighted by molar-refractivity contribution is 5.82. The molecule has 0 aliphatic carbocycles. The molecular formula is C11H16N6. The number of hydrogen-bond acceptors (Lipinski definition) is 5. The zero-order valence-corrected chi connectivity index (χ0v) is 9.85. The zero-order chi connectivity index (χ0) is 11.9. The van der Waals surface area contributed by atoms with Crippen molar-refractivity contribution in [3.63, 3.8) is 0 Å². The minimum Gasteiger partial charge on any atom is -0.340 e. The van der Waals surface area contributed by atoms with Crippen molar-refractivity contribution < 1.29 is 0 Å². The van der Waals surface area contributed by atoms with Gasteiger partial charge < -0.3 is 4.98 Å². The Bertz CT molecular complexity index is 489. The summed E-state index contributed by atoms with van der Waals surface area (Å²) in [6.07, 6.45) is 9.56. The van der Waals surface area contributed by atoms with E-state index in [-0.39, 0.29) is 0 Å². The van der Waals surface area contributed by atoms with Crippen molar-refractivity contribution in [2.24, 2.45) is 5.10 Å². The lowest BCUT2D eigenvalue weighted by molar-refractivity contribution is 0.746. The first-order chi connectivity index (χ1) is 8.42. The monoisotopic (exact) mass is 232 g/mol. The third kappa shape index (κ3) is 2.99. The number of aromatic nitrogens is 4. The molecule has 0 spiro atoms. The second-order valence-electron chi connectivity index (χ2n) is 3.74. The Morgan fingerprint density at radius 1 is 1.35 bits per heavy atom. The van der Waals surface area contributed by atoms with Crippen LogP contribution in [0, 0.1) is 0 Å². The van der Waals surface area contributed by atoms with E-state index in [1.807, 2.05) is 6.21 Å². The number of nitrogens with zero attached hydrogens (tertiary/aromatic N) is 4. The number of imidazole rings is 1. The molecule has 0 fully saturated rings. The van der Waals surface area contributed by atoms with Crippen molar-refractivity contribution in [1.82, 2.24) is 19.9 Å². The van der Waals surface area contributed by atoms with E-state index in [9.17, 15) is 0 Å². The fraction of sp³-hybridized carbons (Fsp3) is 0.455. The standard InChI is InChI=1S/C11H16N6/c1-2-3-4-5-6-16-17-11-9-10(13-7-12-9)14-8-15-11/h6-8H,2-5H2,1H3,(H2,12,13,14,15,17)/b16-6+. The van der Waals surface area contributed by atoms with E-state index in [0.717, 1.165) is 11.9 Å². The van der Waals surface area contributed by atoms with Gasteiger partial charge in [0.25, 0.3) is 0 Å². The van der Waals surface area contributed by atoms with Crippen LogP contribution in [0.25, 0.3) is 11.2 Å². The minimum atomic E-state index is 0.642. The summed E-state index contributed by atoms with van der Waals surface area (Å²) in [5.74, 6) is 0.652. The molecule has 0 unspecified atom stereocenters. The molecule has 0 amide bonds. The first-order valence-corrected chi connectivity index (χ1v) is 5.83. The van der Waals surface area contributed by atoms with Gasteiger partial charge in [-0.15, -0.1) is 0 Å². The summed E-state index contributed by atoms with van der Waals surface area (Å²) in [5, 5.41) is 4.13. The largest absolute Gasteiger partial charge is 0.340 e. The maximum absolute atomic E-state index is 4.13. The van der Waals surface area contributed by atoms with E-state index >= 15 is 0 Å². The van der Waals surface area contributed by atoms with E-state index in [0.29, 0.717) is 11.5 Å². The lowest BCUT2D eigenvalue weighted by Crippen LogP contribution is -1.95. The number of aromatic amines is 1.